The first-order valence-electron chi connectivity index (χ1n) is 11.8. The van der Waals surface area contributed by atoms with Crippen molar-refractivity contribution < 1.29 is 9.59 Å². The number of hydrogen-bond acceptors (Lipinski definition) is 3. The molecule has 2 aromatic rings. The Labute approximate surface area is 197 Å². The molecule has 0 saturated heterocycles. The van der Waals surface area contributed by atoms with Crippen LogP contribution >= 0.6 is 11.8 Å². The lowest BCUT2D eigenvalue weighted by atomic mass is 10.1. The Morgan fingerprint density at radius 1 is 1.00 bits per heavy atom. The van der Waals surface area contributed by atoms with Gasteiger partial charge >= 0.3 is 0 Å². The zero-order chi connectivity index (χ0) is 22.9. The summed E-state index contributed by atoms with van der Waals surface area (Å²) in [6, 6.07) is 16.2. The first kappa shape index (κ1) is 24.4. The summed E-state index contributed by atoms with van der Waals surface area (Å²) in [7, 11) is 0. The van der Waals surface area contributed by atoms with Crippen molar-refractivity contribution in [1.82, 2.24) is 10.2 Å². The van der Waals surface area contributed by atoms with Crippen LogP contribution < -0.4 is 5.32 Å². The van der Waals surface area contributed by atoms with Gasteiger partial charge in [0.05, 0.1) is 5.75 Å². The molecule has 1 saturated carbocycles. The maximum absolute atomic E-state index is 13.4. The summed E-state index contributed by atoms with van der Waals surface area (Å²) in [4.78, 5) is 28.4. The molecule has 0 aromatic heterocycles. The molecule has 0 spiro atoms. The first-order chi connectivity index (χ1) is 15.5. The highest BCUT2D eigenvalue weighted by atomic mass is 32.2. The standard InChI is InChI=1S/C27H36N2O2S/c1-4-25(27(31)28-24-15-9-10-16-24)29(17-22-13-7-5-11-20(22)2)26(30)19-32-18-23-14-8-6-12-21(23)3/h5-8,11-14,24-25H,4,9-10,15-19H2,1-3H3,(H,28,31). The number of nitrogens with one attached hydrogen (secondary N) is 1. The van der Waals surface area contributed by atoms with Crippen LogP contribution in [-0.2, 0) is 21.9 Å². The molecule has 4 nitrogen and oxygen atoms in total. The number of amides is 2. The fourth-order valence-electron chi connectivity index (χ4n) is 4.36. The molecule has 5 heteroatoms. The van der Waals surface area contributed by atoms with Gasteiger partial charge in [0.2, 0.25) is 11.8 Å². The fourth-order valence-corrected chi connectivity index (χ4v) is 5.35. The number of carbonyl (C=O) groups excluding carboxylic acids is 2. The summed E-state index contributed by atoms with van der Waals surface area (Å²) in [5, 5.41) is 3.22. The molecule has 2 aromatic carbocycles. The lowest BCUT2D eigenvalue weighted by molar-refractivity contribution is -0.139. The van der Waals surface area contributed by atoms with E-state index in [2.05, 4.69) is 43.4 Å². The van der Waals surface area contributed by atoms with Crippen LogP contribution in [0.1, 0.15) is 61.3 Å². The Bertz CT molecular complexity index is 908. The third-order valence-corrected chi connectivity index (χ3v) is 7.40. The van der Waals surface area contributed by atoms with Crippen molar-refractivity contribution in [3.8, 4) is 0 Å². The van der Waals surface area contributed by atoms with E-state index in [1.54, 1.807) is 16.7 Å². The molecule has 0 radical (unpaired) electrons. The number of benzene rings is 2. The second-order valence-electron chi connectivity index (χ2n) is 8.78. The van der Waals surface area contributed by atoms with Gasteiger partial charge in [-0.1, -0.05) is 68.3 Å². The number of thioether (sulfide) groups is 1. The van der Waals surface area contributed by atoms with Gasteiger partial charge in [0, 0.05) is 18.3 Å². The van der Waals surface area contributed by atoms with Gasteiger partial charge in [0.1, 0.15) is 6.04 Å². The Hall–Kier alpha value is -2.27. The SMILES string of the molecule is CCC(C(=O)NC1CCCC1)N(Cc1ccccc1C)C(=O)CSCc1ccccc1C. The van der Waals surface area contributed by atoms with Crippen LogP contribution in [0.3, 0.4) is 0 Å². The highest BCUT2D eigenvalue weighted by Gasteiger charge is 2.30. The van der Waals surface area contributed by atoms with E-state index in [9.17, 15) is 9.59 Å². The van der Waals surface area contributed by atoms with Gasteiger partial charge in [-0.2, -0.15) is 0 Å². The quantitative estimate of drug-likeness (QED) is 0.525. The predicted molar refractivity (Wildman–Crippen MR) is 134 cm³/mol. The molecule has 3 rings (SSSR count). The van der Waals surface area contributed by atoms with Crippen LogP contribution in [0.4, 0.5) is 0 Å². The van der Waals surface area contributed by atoms with Gasteiger partial charge in [-0.25, -0.2) is 0 Å². The van der Waals surface area contributed by atoms with Crippen molar-refractivity contribution in [2.24, 2.45) is 0 Å². The van der Waals surface area contributed by atoms with E-state index < -0.39 is 6.04 Å². The lowest BCUT2D eigenvalue weighted by Gasteiger charge is -2.32. The first-order valence-corrected chi connectivity index (χ1v) is 12.9. The van der Waals surface area contributed by atoms with Crippen molar-refractivity contribution in [2.45, 2.75) is 77.3 Å². The van der Waals surface area contributed by atoms with E-state index in [0.29, 0.717) is 18.7 Å². The second kappa shape index (κ2) is 12.1. The van der Waals surface area contributed by atoms with E-state index in [1.807, 2.05) is 31.2 Å². The number of hydrogen-bond donors (Lipinski definition) is 1. The molecule has 32 heavy (non-hydrogen) atoms. The minimum Gasteiger partial charge on any atom is -0.352 e. The molecule has 1 atom stereocenters. The van der Waals surface area contributed by atoms with Gasteiger partial charge < -0.3 is 10.2 Å². The number of nitrogens with zero attached hydrogens (tertiary/aromatic N) is 1. The number of rotatable bonds is 10. The van der Waals surface area contributed by atoms with Crippen LogP contribution in [0.15, 0.2) is 48.5 Å². The molecule has 1 aliphatic carbocycles. The number of aryl methyl sites for hydroxylation is 2. The van der Waals surface area contributed by atoms with E-state index in [1.165, 1.54) is 24.0 Å². The van der Waals surface area contributed by atoms with Crippen LogP contribution in [0.2, 0.25) is 0 Å². The summed E-state index contributed by atoms with van der Waals surface area (Å²) in [6.45, 7) is 6.62. The third kappa shape index (κ3) is 6.61. The van der Waals surface area contributed by atoms with E-state index in [4.69, 9.17) is 0 Å². The molecule has 1 aliphatic rings. The zero-order valence-electron chi connectivity index (χ0n) is 19.6. The minimum absolute atomic E-state index is 0.00904. The normalized spacial score (nSPS) is 14.8. The summed E-state index contributed by atoms with van der Waals surface area (Å²) >= 11 is 1.62. The molecule has 0 aliphatic heterocycles. The topological polar surface area (TPSA) is 49.4 Å². The maximum atomic E-state index is 13.4. The molecule has 172 valence electrons. The molecular weight excluding hydrogens is 416 g/mol. The Balaban J connectivity index is 1.72. The largest absolute Gasteiger partial charge is 0.352 e. The molecular formula is C27H36N2O2S. The number of carbonyl (C=O) groups is 2. The van der Waals surface area contributed by atoms with Gasteiger partial charge in [-0.3, -0.25) is 9.59 Å². The zero-order valence-corrected chi connectivity index (χ0v) is 20.4. The monoisotopic (exact) mass is 452 g/mol. The van der Waals surface area contributed by atoms with Crippen molar-refractivity contribution in [3.05, 3.63) is 70.8 Å². The third-order valence-electron chi connectivity index (χ3n) is 6.43. The average molecular weight is 453 g/mol. The molecule has 1 N–H and O–H groups in total. The van der Waals surface area contributed by atoms with Crippen molar-refractivity contribution >= 4 is 23.6 Å². The van der Waals surface area contributed by atoms with Crippen LogP contribution in [-0.4, -0.2) is 34.6 Å². The van der Waals surface area contributed by atoms with E-state index in [0.717, 1.165) is 29.7 Å². The molecule has 0 bridgehead atoms. The predicted octanol–water partition coefficient (Wildman–Crippen LogP) is 5.40. The highest BCUT2D eigenvalue weighted by molar-refractivity contribution is 7.99. The van der Waals surface area contributed by atoms with Crippen molar-refractivity contribution in [1.29, 1.82) is 0 Å². The Morgan fingerprint density at radius 2 is 1.59 bits per heavy atom. The molecule has 0 heterocycles. The van der Waals surface area contributed by atoms with Gasteiger partial charge in [-0.05, 0) is 55.4 Å². The molecule has 1 fully saturated rings. The van der Waals surface area contributed by atoms with Crippen LogP contribution in [0.5, 0.6) is 0 Å². The minimum atomic E-state index is -0.443. The Morgan fingerprint density at radius 3 is 2.19 bits per heavy atom. The highest BCUT2D eigenvalue weighted by Crippen LogP contribution is 2.22. The summed E-state index contributed by atoms with van der Waals surface area (Å²) in [6.07, 6.45) is 5.03. The fraction of sp³-hybridized carbons (Fsp3) is 0.481. The van der Waals surface area contributed by atoms with Gasteiger partial charge in [0.15, 0.2) is 0 Å². The average Bonchev–Trinajstić information content (AvgIpc) is 3.29. The maximum Gasteiger partial charge on any atom is 0.243 e. The molecule has 2 amide bonds. The van der Waals surface area contributed by atoms with Gasteiger partial charge in [-0.15, -0.1) is 11.8 Å². The van der Waals surface area contributed by atoms with E-state index in [-0.39, 0.29) is 17.9 Å². The Kier molecular flexibility index (Phi) is 9.22. The lowest BCUT2D eigenvalue weighted by Crippen LogP contribution is -2.51. The summed E-state index contributed by atoms with van der Waals surface area (Å²) in [5.41, 5.74) is 4.73. The van der Waals surface area contributed by atoms with Crippen molar-refractivity contribution in [2.75, 3.05) is 5.75 Å². The van der Waals surface area contributed by atoms with E-state index >= 15 is 0 Å². The second-order valence-corrected chi connectivity index (χ2v) is 9.77. The van der Waals surface area contributed by atoms with Gasteiger partial charge in [0.25, 0.3) is 0 Å². The van der Waals surface area contributed by atoms with Crippen molar-refractivity contribution in [3.63, 3.8) is 0 Å². The summed E-state index contributed by atoms with van der Waals surface area (Å²) in [5.74, 6) is 1.18. The van der Waals surface area contributed by atoms with Crippen LogP contribution in [0, 0.1) is 13.8 Å². The van der Waals surface area contributed by atoms with Crippen LogP contribution in [0.25, 0.3) is 0 Å². The smallest absolute Gasteiger partial charge is 0.243 e. The summed E-state index contributed by atoms with van der Waals surface area (Å²) < 4.78 is 0. The molecule has 1 unspecified atom stereocenters.